The Hall–Kier alpha value is -4.15. The van der Waals surface area contributed by atoms with Crippen molar-refractivity contribution in [2.24, 2.45) is 0 Å². The Kier molecular flexibility index (Phi) is 7.25. The minimum Gasteiger partial charge on any atom is -0.493 e. The van der Waals surface area contributed by atoms with Crippen molar-refractivity contribution in [2.75, 3.05) is 11.9 Å². The van der Waals surface area contributed by atoms with Gasteiger partial charge in [-0.2, -0.15) is 0 Å². The third-order valence-corrected chi connectivity index (χ3v) is 6.36. The highest BCUT2D eigenvalue weighted by Gasteiger charge is 2.16. The molecule has 0 saturated heterocycles. The van der Waals surface area contributed by atoms with Crippen LogP contribution in [0.15, 0.2) is 103 Å². The minimum atomic E-state index is -0.0952. The summed E-state index contributed by atoms with van der Waals surface area (Å²) in [5.74, 6) is 0.711. The van der Waals surface area contributed by atoms with Gasteiger partial charge in [-0.3, -0.25) is 4.79 Å². The number of hydrogen-bond donors (Lipinski definition) is 2. The highest BCUT2D eigenvalue weighted by Crippen LogP contribution is 2.31. The first-order valence-corrected chi connectivity index (χ1v) is 12.3. The molecule has 1 amide bonds. The van der Waals surface area contributed by atoms with Crippen LogP contribution in [0.4, 0.5) is 5.69 Å². The van der Waals surface area contributed by atoms with E-state index in [-0.39, 0.29) is 5.91 Å². The van der Waals surface area contributed by atoms with Crippen molar-refractivity contribution >= 4 is 17.7 Å². The maximum absolute atomic E-state index is 13.1. The fourth-order valence-corrected chi connectivity index (χ4v) is 4.29. The van der Waals surface area contributed by atoms with Crippen LogP contribution < -0.4 is 15.4 Å². The van der Waals surface area contributed by atoms with Crippen LogP contribution in [0.5, 0.6) is 5.75 Å². The largest absolute Gasteiger partial charge is 0.493 e. The van der Waals surface area contributed by atoms with Crippen LogP contribution in [-0.2, 0) is 17.9 Å². The van der Waals surface area contributed by atoms with Crippen molar-refractivity contribution in [1.82, 2.24) is 5.32 Å². The fourth-order valence-electron chi connectivity index (χ4n) is 4.29. The highest BCUT2D eigenvalue weighted by molar-refractivity contribution is 6.07. The molecule has 1 aliphatic heterocycles. The molecule has 0 aromatic heterocycles. The van der Waals surface area contributed by atoms with Gasteiger partial charge in [-0.15, -0.1) is 0 Å². The second kappa shape index (κ2) is 11.1. The first kappa shape index (κ1) is 23.6. The van der Waals surface area contributed by atoms with Crippen LogP contribution in [-0.4, -0.2) is 12.5 Å². The second-order valence-corrected chi connectivity index (χ2v) is 9.13. The Labute approximate surface area is 212 Å². The van der Waals surface area contributed by atoms with Crippen molar-refractivity contribution < 1.29 is 9.53 Å². The summed E-state index contributed by atoms with van der Waals surface area (Å²) in [6.45, 7) is 4.15. The summed E-state index contributed by atoms with van der Waals surface area (Å²) in [6.07, 6.45) is 2.51. The summed E-state index contributed by atoms with van der Waals surface area (Å²) in [5, 5.41) is 6.50. The molecule has 0 saturated carbocycles. The van der Waals surface area contributed by atoms with E-state index in [2.05, 4.69) is 66.1 Å². The molecule has 5 rings (SSSR count). The van der Waals surface area contributed by atoms with Gasteiger partial charge in [0.15, 0.2) is 0 Å². The quantitative estimate of drug-likeness (QED) is 0.311. The van der Waals surface area contributed by atoms with Gasteiger partial charge in [0.25, 0.3) is 5.91 Å². The van der Waals surface area contributed by atoms with E-state index in [4.69, 9.17) is 4.74 Å². The van der Waals surface area contributed by atoms with Gasteiger partial charge >= 0.3 is 0 Å². The molecule has 4 nitrogen and oxygen atoms in total. The standard InChI is InChI=1S/C32H30N2O2/c1-23-7-11-26(12-8-23)27-13-16-31-29(19-27)20-28(17-18-36-31)32(35)34-30-14-9-25(10-15-30)22-33-21-24-5-3-2-4-6-24/h2-16,19-20,33H,17-18,21-22H2,1H3,(H,34,35). The molecule has 1 aliphatic rings. The van der Waals surface area contributed by atoms with E-state index in [0.29, 0.717) is 18.6 Å². The lowest BCUT2D eigenvalue weighted by atomic mass is 10.00. The molecule has 0 bridgehead atoms. The van der Waals surface area contributed by atoms with Gasteiger partial charge in [-0.1, -0.05) is 78.4 Å². The zero-order valence-corrected chi connectivity index (χ0v) is 20.5. The number of hydrogen-bond acceptors (Lipinski definition) is 3. The normalized spacial score (nSPS) is 12.6. The second-order valence-electron chi connectivity index (χ2n) is 9.13. The Bertz CT molecular complexity index is 1360. The van der Waals surface area contributed by atoms with Gasteiger partial charge in [-0.25, -0.2) is 0 Å². The molecule has 0 aliphatic carbocycles. The van der Waals surface area contributed by atoms with Gasteiger partial charge < -0.3 is 15.4 Å². The molecule has 0 radical (unpaired) electrons. The number of ether oxygens (including phenoxy) is 1. The molecule has 0 fully saturated rings. The van der Waals surface area contributed by atoms with Gasteiger partial charge in [-0.05, 0) is 59.5 Å². The zero-order chi connectivity index (χ0) is 24.7. The van der Waals surface area contributed by atoms with Gasteiger partial charge in [0, 0.05) is 36.3 Å². The van der Waals surface area contributed by atoms with Crippen LogP contribution in [0.1, 0.15) is 28.7 Å². The third kappa shape index (κ3) is 5.91. The summed E-state index contributed by atoms with van der Waals surface area (Å²) in [7, 11) is 0. The molecular formula is C32H30N2O2. The van der Waals surface area contributed by atoms with Crippen molar-refractivity contribution in [3.05, 3.63) is 125 Å². The van der Waals surface area contributed by atoms with Gasteiger partial charge in [0.05, 0.1) is 6.61 Å². The molecule has 0 unspecified atom stereocenters. The van der Waals surface area contributed by atoms with Crippen molar-refractivity contribution in [3.8, 4) is 16.9 Å². The lowest BCUT2D eigenvalue weighted by Crippen LogP contribution is -2.16. The number of carbonyl (C=O) groups excluding carboxylic acids is 1. The maximum Gasteiger partial charge on any atom is 0.251 e. The van der Waals surface area contributed by atoms with Crippen LogP contribution >= 0.6 is 0 Å². The van der Waals surface area contributed by atoms with Crippen molar-refractivity contribution in [2.45, 2.75) is 26.4 Å². The van der Waals surface area contributed by atoms with Crippen molar-refractivity contribution in [1.29, 1.82) is 0 Å². The molecule has 36 heavy (non-hydrogen) atoms. The van der Waals surface area contributed by atoms with E-state index in [9.17, 15) is 4.79 Å². The summed E-state index contributed by atoms with van der Waals surface area (Å²) in [5.41, 5.74) is 8.33. The first-order chi connectivity index (χ1) is 17.6. The Morgan fingerprint density at radius 2 is 1.50 bits per heavy atom. The molecule has 4 heteroatoms. The average Bonchev–Trinajstić information content (AvgIpc) is 3.13. The van der Waals surface area contributed by atoms with E-state index < -0.39 is 0 Å². The average molecular weight is 475 g/mol. The number of aryl methyl sites for hydroxylation is 1. The Morgan fingerprint density at radius 1 is 0.806 bits per heavy atom. The molecule has 4 aromatic carbocycles. The van der Waals surface area contributed by atoms with E-state index in [1.54, 1.807) is 0 Å². The number of fused-ring (bicyclic) bond motifs is 1. The number of rotatable bonds is 7. The molecule has 0 atom stereocenters. The van der Waals surface area contributed by atoms with Crippen LogP contribution in [0.25, 0.3) is 17.2 Å². The Morgan fingerprint density at radius 3 is 2.25 bits per heavy atom. The predicted molar refractivity (Wildman–Crippen MR) is 147 cm³/mol. The highest BCUT2D eigenvalue weighted by atomic mass is 16.5. The number of nitrogens with one attached hydrogen (secondary N) is 2. The SMILES string of the molecule is Cc1ccc(-c2ccc3c(c2)C=C(C(=O)Nc2ccc(CNCc4ccccc4)cc2)CCO3)cc1. The fraction of sp³-hybridized carbons (Fsp3) is 0.156. The number of benzene rings is 4. The molecule has 180 valence electrons. The molecule has 0 spiro atoms. The van der Waals surface area contributed by atoms with Gasteiger partial charge in [0.2, 0.25) is 0 Å². The lowest BCUT2D eigenvalue weighted by molar-refractivity contribution is -0.113. The predicted octanol–water partition coefficient (Wildman–Crippen LogP) is 6.76. The number of carbonyl (C=O) groups is 1. The molecular weight excluding hydrogens is 444 g/mol. The monoisotopic (exact) mass is 474 g/mol. The minimum absolute atomic E-state index is 0.0952. The van der Waals surface area contributed by atoms with E-state index in [1.165, 1.54) is 16.7 Å². The topological polar surface area (TPSA) is 50.4 Å². The Balaban J connectivity index is 1.24. The first-order valence-electron chi connectivity index (χ1n) is 12.3. The van der Waals surface area contributed by atoms with Crippen molar-refractivity contribution in [3.63, 3.8) is 0 Å². The molecule has 1 heterocycles. The summed E-state index contributed by atoms with van der Waals surface area (Å²) in [4.78, 5) is 13.1. The number of anilines is 1. The summed E-state index contributed by atoms with van der Waals surface area (Å²) >= 11 is 0. The third-order valence-electron chi connectivity index (χ3n) is 6.36. The maximum atomic E-state index is 13.1. The summed E-state index contributed by atoms with van der Waals surface area (Å²) in [6, 6.07) is 32.9. The van der Waals surface area contributed by atoms with Gasteiger partial charge in [0.1, 0.15) is 5.75 Å². The lowest BCUT2D eigenvalue weighted by Gasteiger charge is -2.09. The molecule has 4 aromatic rings. The van der Waals surface area contributed by atoms with Crippen LogP contribution in [0.3, 0.4) is 0 Å². The van der Waals surface area contributed by atoms with E-state index in [0.717, 1.165) is 41.2 Å². The smallest absolute Gasteiger partial charge is 0.251 e. The van der Waals surface area contributed by atoms with E-state index in [1.807, 2.05) is 54.6 Å². The van der Waals surface area contributed by atoms with Crippen LogP contribution in [0.2, 0.25) is 0 Å². The zero-order valence-electron chi connectivity index (χ0n) is 20.5. The summed E-state index contributed by atoms with van der Waals surface area (Å²) < 4.78 is 5.94. The number of amides is 1. The van der Waals surface area contributed by atoms with Crippen LogP contribution in [0, 0.1) is 6.92 Å². The molecule has 2 N–H and O–H groups in total. The van der Waals surface area contributed by atoms with E-state index >= 15 is 0 Å².